The molecular formula is C22H30N4O5S2. The number of nitrogens with zero attached hydrogens (tertiary/aromatic N) is 4. The summed E-state index contributed by atoms with van der Waals surface area (Å²) in [6, 6.07) is 12.6. The molecule has 2 aromatic carbocycles. The maximum absolute atomic E-state index is 12.8. The third-order valence-electron chi connectivity index (χ3n) is 6.08. The summed E-state index contributed by atoms with van der Waals surface area (Å²) in [5.74, 6) is 0.948. The van der Waals surface area contributed by atoms with E-state index in [1.807, 2.05) is 14.1 Å². The molecule has 0 radical (unpaired) electrons. The fourth-order valence-corrected chi connectivity index (χ4v) is 6.69. The molecule has 2 aromatic rings. The molecule has 180 valence electrons. The first-order valence-electron chi connectivity index (χ1n) is 10.9. The van der Waals surface area contributed by atoms with Crippen LogP contribution in [0.5, 0.6) is 11.5 Å². The third-order valence-corrected chi connectivity index (χ3v) is 9.91. The van der Waals surface area contributed by atoms with E-state index in [9.17, 15) is 16.8 Å². The Morgan fingerprint density at radius 1 is 0.545 bits per heavy atom. The molecule has 0 aromatic heterocycles. The van der Waals surface area contributed by atoms with E-state index in [-0.39, 0.29) is 9.79 Å². The van der Waals surface area contributed by atoms with Crippen molar-refractivity contribution < 1.29 is 21.6 Å². The number of ether oxygens (including phenoxy) is 1. The molecule has 2 aliphatic rings. The molecule has 33 heavy (non-hydrogen) atoms. The molecule has 2 heterocycles. The molecule has 0 saturated carbocycles. The van der Waals surface area contributed by atoms with Gasteiger partial charge in [0.25, 0.3) is 0 Å². The van der Waals surface area contributed by atoms with Gasteiger partial charge in [-0.05, 0) is 62.6 Å². The molecule has 0 unspecified atom stereocenters. The van der Waals surface area contributed by atoms with Gasteiger partial charge in [0.2, 0.25) is 20.0 Å². The third kappa shape index (κ3) is 5.39. The Balaban J connectivity index is 1.41. The second-order valence-electron chi connectivity index (χ2n) is 8.46. The van der Waals surface area contributed by atoms with E-state index in [1.165, 1.54) is 32.9 Å². The second-order valence-corrected chi connectivity index (χ2v) is 12.3. The molecule has 2 fully saturated rings. The van der Waals surface area contributed by atoms with Crippen LogP contribution in [0.25, 0.3) is 0 Å². The van der Waals surface area contributed by atoms with Crippen molar-refractivity contribution in [2.45, 2.75) is 9.79 Å². The van der Waals surface area contributed by atoms with Gasteiger partial charge in [-0.1, -0.05) is 0 Å². The molecule has 0 spiro atoms. The normalized spacial score (nSPS) is 20.1. The van der Waals surface area contributed by atoms with Crippen molar-refractivity contribution >= 4 is 20.0 Å². The van der Waals surface area contributed by atoms with Gasteiger partial charge in [-0.15, -0.1) is 0 Å². The van der Waals surface area contributed by atoms with Gasteiger partial charge in [-0.3, -0.25) is 0 Å². The van der Waals surface area contributed by atoms with Gasteiger partial charge in [0.15, 0.2) is 0 Å². The Morgan fingerprint density at radius 3 is 1.15 bits per heavy atom. The van der Waals surface area contributed by atoms with Crippen molar-refractivity contribution in [1.29, 1.82) is 0 Å². The zero-order valence-electron chi connectivity index (χ0n) is 18.9. The number of sulfonamides is 2. The van der Waals surface area contributed by atoms with E-state index >= 15 is 0 Å². The van der Waals surface area contributed by atoms with Gasteiger partial charge in [-0.2, -0.15) is 8.61 Å². The zero-order valence-corrected chi connectivity index (χ0v) is 20.6. The van der Waals surface area contributed by atoms with E-state index in [2.05, 4.69) is 9.80 Å². The minimum atomic E-state index is -3.53. The van der Waals surface area contributed by atoms with E-state index in [0.717, 1.165) is 0 Å². The fourth-order valence-electron chi connectivity index (χ4n) is 3.85. The van der Waals surface area contributed by atoms with Gasteiger partial charge in [-0.25, -0.2) is 16.8 Å². The number of piperazine rings is 2. The van der Waals surface area contributed by atoms with Crippen LogP contribution in [0, 0.1) is 0 Å². The molecule has 9 nitrogen and oxygen atoms in total. The van der Waals surface area contributed by atoms with E-state index in [0.29, 0.717) is 63.9 Å². The van der Waals surface area contributed by atoms with Crippen LogP contribution in [0.2, 0.25) is 0 Å². The Morgan fingerprint density at radius 2 is 0.848 bits per heavy atom. The van der Waals surface area contributed by atoms with E-state index in [4.69, 9.17) is 4.74 Å². The molecule has 4 rings (SSSR count). The highest BCUT2D eigenvalue weighted by molar-refractivity contribution is 7.89. The molecule has 0 atom stereocenters. The Labute approximate surface area is 196 Å². The first kappa shape index (κ1) is 24.1. The largest absolute Gasteiger partial charge is 0.457 e. The van der Waals surface area contributed by atoms with Gasteiger partial charge in [0.05, 0.1) is 9.79 Å². The Kier molecular flexibility index (Phi) is 7.08. The van der Waals surface area contributed by atoms with Crippen LogP contribution < -0.4 is 4.74 Å². The van der Waals surface area contributed by atoms with Crippen LogP contribution >= 0.6 is 0 Å². The van der Waals surface area contributed by atoms with Crippen molar-refractivity contribution in [3.63, 3.8) is 0 Å². The maximum atomic E-state index is 12.8. The first-order valence-corrected chi connectivity index (χ1v) is 13.8. The standard InChI is InChI=1S/C22H30N4O5S2/c1-23-11-15-25(16-12-23)32(27,28)21-7-3-19(4-8-21)31-20-5-9-22(10-6-20)33(29,30)26-17-13-24(2)14-18-26/h3-10H,11-18H2,1-2H3. The Bertz CT molecular complexity index is 1060. The summed E-state index contributed by atoms with van der Waals surface area (Å²) in [6.45, 7) is 4.73. The van der Waals surface area contributed by atoms with Crippen molar-refractivity contribution in [2.24, 2.45) is 0 Å². The maximum Gasteiger partial charge on any atom is 0.243 e. The van der Waals surface area contributed by atoms with E-state index < -0.39 is 20.0 Å². The molecule has 11 heteroatoms. The fraction of sp³-hybridized carbons (Fsp3) is 0.455. The van der Waals surface area contributed by atoms with Crippen molar-refractivity contribution in [3.8, 4) is 11.5 Å². The van der Waals surface area contributed by atoms with Gasteiger partial charge in [0.1, 0.15) is 11.5 Å². The predicted octanol–water partition coefficient (Wildman–Crippen LogP) is 1.35. The van der Waals surface area contributed by atoms with Crippen molar-refractivity contribution in [1.82, 2.24) is 18.4 Å². The topological polar surface area (TPSA) is 90.5 Å². The summed E-state index contributed by atoms with van der Waals surface area (Å²) in [4.78, 5) is 4.66. The molecule has 2 saturated heterocycles. The quantitative estimate of drug-likeness (QED) is 0.599. The van der Waals surface area contributed by atoms with Crippen molar-refractivity contribution in [3.05, 3.63) is 48.5 Å². The minimum absolute atomic E-state index is 0.230. The summed E-state index contributed by atoms with van der Waals surface area (Å²) in [7, 11) is -3.12. The highest BCUT2D eigenvalue weighted by Gasteiger charge is 2.28. The average molecular weight is 495 g/mol. The first-order chi connectivity index (χ1) is 15.7. The molecule has 0 bridgehead atoms. The lowest BCUT2D eigenvalue weighted by Crippen LogP contribution is -2.46. The van der Waals surface area contributed by atoms with Gasteiger partial charge >= 0.3 is 0 Å². The average Bonchev–Trinajstić information content (AvgIpc) is 2.80. The van der Waals surface area contributed by atoms with Crippen LogP contribution in [0.1, 0.15) is 0 Å². The molecule has 0 amide bonds. The number of hydrogen-bond donors (Lipinski definition) is 0. The van der Waals surface area contributed by atoms with E-state index in [1.54, 1.807) is 24.3 Å². The lowest BCUT2D eigenvalue weighted by Gasteiger charge is -2.31. The lowest BCUT2D eigenvalue weighted by atomic mass is 10.3. The smallest absolute Gasteiger partial charge is 0.243 e. The van der Waals surface area contributed by atoms with Gasteiger partial charge < -0.3 is 14.5 Å². The lowest BCUT2D eigenvalue weighted by molar-refractivity contribution is 0.222. The Hall–Kier alpha value is -2.02. The summed E-state index contributed by atoms with van der Waals surface area (Å²) >= 11 is 0. The highest BCUT2D eigenvalue weighted by Crippen LogP contribution is 2.26. The van der Waals surface area contributed by atoms with Crippen LogP contribution in [0.15, 0.2) is 58.3 Å². The summed E-state index contributed by atoms with van der Waals surface area (Å²) < 4.78 is 60.2. The molecular weight excluding hydrogens is 464 g/mol. The predicted molar refractivity (Wildman–Crippen MR) is 125 cm³/mol. The van der Waals surface area contributed by atoms with Crippen LogP contribution in [-0.2, 0) is 20.0 Å². The summed E-state index contributed by atoms with van der Waals surface area (Å²) in [5, 5.41) is 0. The number of likely N-dealkylation sites (N-methyl/N-ethyl adjacent to an activating group) is 2. The molecule has 0 aliphatic carbocycles. The number of rotatable bonds is 6. The van der Waals surface area contributed by atoms with Gasteiger partial charge in [0, 0.05) is 52.4 Å². The molecule has 0 N–H and O–H groups in total. The summed E-state index contributed by atoms with van der Waals surface area (Å²) in [6.07, 6.45) is 0. The molecule has 2 aliphatic heterocycles. The highest BCUT2D eigenvalue weighted by atomic mass is 32.2. The number of hydrogen-bond acceptors (Lipinski definition) is 7. The minimum Gasteiger partial charge on any atom is -0.457 e. The summed E-state index contributed by atoms with van der Waals surface area (Å²) in [5.41, 5.74) is 0. The van der Waals surface area contributed by atoms with Crippen LogP contribution in [0.3, 0.4) is 0 Å². The zero-order chi connectivity index (χ0) is 23.6. The monoisotopic (exact) mass is 494 g/mol. The van der Waals surface area contributed by atoms with Crippen LogP contribution in [-0.4, -0.2) is 102 Å². The van der Waals surface area contributed by atoms with Crippen molar-refractivity contribution in [2.75, 3.05) is 66.5 Å². The van der Waals surface area contributed by atoms with Crippen LogP contribution in [0.4, 0.5) is 0 Å². The number of benzene rings is 2. The second kappa shape index (κ2) is 9.69. The SMILES string of the molecule is CN1CCN(S(=O)(=O)c2ccc(Oc3ccc(S(=O)(=O)N4CCN(C)CC4)cc3)cc2)CC1.